The molecular formula is C40H37F3N4O3. The van der Waals surface area contributed by atoms with Gasteiger partial charge in [0.15, 0.2) is 0 Å². The van der Waals surface area contributed by atoms with E-state index in [-0.39, 0.29) is 18.9 Å². The van der Waals surface area contributed by atoms with Crippen molar-refractivity contribution >= 4 is 17.9 Å². The SMILES string of the molecule is O=C([C@H](Cc1ccccc1)N(Cc1ccc(-c2ccccn2)cc1)C(=O)C=Cc1ccc(C(F)(F)F)cc1)N1CCN(Cc2ccco2)CC1. The van der Waals surface area contributed by atoms with Crippen LogP contribution >= 0.6 is 0 Å². The van der Waals surface area contributed by atoms with Crippen molar-refractivity contribution < 1.29 is 27.2 Å². The van der Waals surface area contributed by atoms with Crippen LogP contribution in [0.15, 0.2) is 132 Å². The lowest BCUT2D eigenvalue weighted by Crippen LogP contribution is -2.56. The highest BCUT2D eigenvalue weighted by atomic mass is 19.4. The van der Waals surface area contributed by atoms with E-state index >= 15 is 0 Å². The molecule has 2 amide bonds. The number of carbonyl (C=O) groups is 2. The van der Waals surface area contributed by atoms with E-state index in [1.54, 1.807) is 17.4 Å². The number of aromatic nitrogens is 1. The van der Waals surface area contributed by atoms with Crippen molar-refractivity contribution in [3.05, 3.63) is 156 Å². The number of carbonyl (C=O) groups excluding carboxylic acids is 2. The van der Waals surface area contributed by atoms with Gasteiger partial charge in [-0.1, -0.05) is 72.8 Å². The summed E-state index contributed by atoms with van der Waals surface area (Å²) < 4.78 is 44.9. The van der Waals surface area contributed by atoms with Gasteiger partial charge in [0.05, 0.1) is 24.1 Å². The van der Waals surface area contributed by atoms with Crippen molar-refractivity contribution in [1.29, 1.82) is 0 Å². The standard InChI is InChI=1S/C40H37F3N4O3/c41-40(42,43)34-18-13-30(14-19-34)15-20-38(48)47(28-32-11-16-33(17-12-32)36-10-4-5-21-44-36)37(27-31-7-2-1-3-8-31)39(49)46-24-22-45(23-25-46)29-35-9-6-26-50-35/h1-21,26,37H,22-25,27-29H2/t37-/m0/s1. The Bertz CT molecular complexity index is 1850. The number of furan rings is 1. The Morgan fingerprint density at radius 1 is 0.820 bits per heavy atom. The Kier molecular flexibility index (Phi) is 10.9. The Morgan fingerprint density at radius 2 is 1.54 bits per heavy atom. The number of amides is 2. The Labute approximate surface area is 289 Å². The summed E-state index contributed by atoms with van der Waals surface area (Å²) in [7, 11) is 0. The van der Waals surface area contributed by atoms with E-state index in [0.717, 1.165) is 40.3 Å². The number of nitrogens with zero attached hydrogens (tertiary/aromatic N) is 4. The zero-order chi connectivity index (χ0) is 34.9. The third kappa shape index (κ3) is 8.95. The van der Waals surface area contributed by atoms with E-state index in [4.69, 9.17) is 4.42 Å². The van der Waals surface area contributed by atoms with Crippen LogP contribution in [-0.2, 0) is 35.3 Å². The van der Waals surface area contributed by atoms with Crippen molar-refractivity contribution in [3.63, 3.8) is 0 Å². The molecule has 0 aliphatic carbocycles. The topological polar surface area (TPSA) is 69.9 Å². The molecule has 256 valence electrons. The van der Waals surface area contributed by atoms with Gasteiger partial charge in [0.1, 0.15) is 11.8 Å². The number of rotatable bonds is 11. The van der Waals surface area contributed by atoms with Gasteiger partial charge in [-0.3, -0.25) is 19.5 Å². The summed E-state index contributed by atoms with van der Waals surface area (Å²) in [6.45, 7) is 3.08. The van der Waals surface area contributed by atoms with Crippen molar-refractivity contribution in [2.24, 2.45) is 0 Å². The average Bonchev–Trinajstić information content (AvgIpc) is 3.66. The summed E-state index contributed by atoms with van der Waals surface area (Å²) in [4.78, 5) is 38.6. The molecule has 10 heteroatoms. The highest BCUT2D eigenvalue weighted by Gasteiger charge is 2.34. The van der Waals surface area contributed by atoms with Gasteiger partial charge in [-0.25, -0.2) is 0 Å². The molecule has 0 bridgehead atoms. The van der Waals surface area contributed by atoms with Gasteiger partial charge in [0, 0.05) is 57.0 Å². The van der Waals surface area contributed by atoms with Gasteiger partial charge in [0.2, 0.25) is 11.8 Å². The molecule has 0 radical (unpaired) electrons. The second kappa shape index (κ2) is 15.8. The monoisotopic (exact) mass is 678 g/mol. The van der Waals surface area contributed by atoms with E-state index < -0.39 is 23.7 Å². The van der Waals surface area contributed by atoms with Crippen LogP contribution in [0.5, 0.6) is 0 Å². The molecule has 50 heavy (non-hydrogen) atoms. The Morgan fingerprint density at radius 3 is 2.18 bits per heavy atom. The van der Waals surface area contributed by atoms with Gasteiger partial charge in [-0.05, 0) is 59.2 Å². The summed E-state index contributed by atoms with van der Waals surface area (Å²) in [5.41, 5.74) is 3.11. The molecule has 0 N–H and O–H groups in total. The first-order chi connectivity index (χ1) is 24.2. The molecule has 3 aromatic carbocycles. The molecule has 0 spiro atoms. The smallest absolute Gasteiger partial charge is 0.416 e. The van der Waals surface area contributed by atoms with Crippen LogP contribution in [-0.4, -0.2) is 63.7 Å². The number of benzene rings is 3. The van der Waals surface area contributed by atoms with Crippen LogP contribution in [0, 0.1) is 0 Å². The predicted octanol–water partition coefficient (Wildman–Crippen LogP) is 7.36. The molecule has 3 heterocycles. The minimum Gasteiger partial charge on any atom is -0.468 e. The normalized spacial score (nSPS) is 14.5. The fourth-order valence-electron chi connectivity index (χ4n) is 6.03. The van der Waals surface area contributed by atoms with Gasteiger partial charge in [0.25, 0.3) is 0 Å². The third-order valence-corrected chi connectivity index (χ3v) is 8.78. The predicted molar refractivity (Wildman–Crippen MR) is 185 cm³/mol. The zero-order valence-corrected chi connectivity index (χ0v) is 27.4. The summed E-state index contributed by atoms with van der Waals surface area (Å²) in [6, 6.07) is 30.5. The maximum Gasteiger partial charge on any atom is 0.416 e. The van der Waals surface area contributed by atoms with Crippen LogP contribution in [0.3, 0.4) is 0 Å². The van der Waals surface area contributed by atoms with E-state index in [0.29, 0.717) is 38.3 Å². The lowest BCUT2D eigenvalue weighted by Gasteiger charge is -2.39. The van der Waals surface area contributed by atoms with Gasteiger partial charge >= 0.3 is 6.18 Å². The van der Waals surface area contributed by atoms with Crippen molar-refractivity contribution in [3.8, 4) is 11.3 Å². The van der Waals surface area contributed by atoms with Crippen LogP contribution in [0.1, 0.15) is 28.0 Å². The molecule has 2 aromatic heterocycles. The fourth-order valence-corrected chi connectivity index (χ4v) is 6.03. The molecule has 1 saturated heterocycles. The first kappa shape index (κ1) is 34.4. The molecule has 6 rings (SSSR count). The molecule has 7 nitrogen and oxygen atoms in total. The quantitative estimate of drug-likeness (QED) is 0.137. The molecule has 1 atom stereocenters. The van der Waals surface area contributed by atoms with E-state index in [1.807, 2.05) is 89.8 Å². The highest BCUT2D eigenvalue weighted by molar-refractivity contribution is 5.95. The Balaban J connectivity index is 1.28. The molecule has 1 fully saturated rings. The maximum absolute atomic E-state index is 14.5. The zero-order valence-electron chi connectivity index (χ0n) is 27.4. The van der Waals surface area contributed by atoms with Crippen molar-refractivity contribution in [2.75, 3.05) is 26.2 Å². The lowest BCUT2D eigenvalue weighted by atomic mass is 10.0. The third-order valence-electron chi connectivity index (χ3n) is 8.78. The minimum atomic E-state index is -4.46. The molecule has 0 saturated carbocycles. The number of pyridine rings is 1. The number of hydrogen-bond acceptors (Lipinski definition) is 5. The summed E-state index contributed by atoms with van der Waals surface area (Å²) in [5.74, 6) is 0.273. The summed E-state index contributed by atoms with van der Waals surface area (Å²) >= 11 is 0. The van der Waals surface area contributed by atoms with Gasteiger partial charge < -0.3 is 14.2 Å². The number of hydrogen-bond donors (Lipinski definition) is 0. The summed E-state index contributed by atoms with van der Waals surface area (Å²) in [6.07, 6.45) is 2.01. The van der Waals surface area contributed by atoms with E-state index in [9.17, 15) is 22.8 Å². The summed E-state index contributed by atoms with van der Waals surface area (Å²) in [5, 5.41) is 0. The highest BCUT2D eigenvalue weighted by Crippen LogP contribution is 2.29. The van der Waals surface area contributed by atoms with Crippen LogP contribution in [0.25, 0.3) is 17.3 Å². The minimum absolute atomic E-state index is 0.139. The first-order valence-corrected chi connectivity index (χ1v) is 16.5. The number of alkyl halides is 3. The van der Waals surface area contributed by atoms with Gasteiger partial charge in [-0.15, -0.1) is 0 Å². The van der Waals surface area contributed by atoms with Crippen molar-refractivity contribution in [2.45, 2.75) is 31.7 Å². The first-order valence-electron chi connectivity index (χ1n) is 16.5. The van der Waals surface area contributed by atoms with Gasteiger partial charge in [-0.2, -0.15) is 13.2 Å². The maximum atomic E-state index is 14.5. The lowest BCUT2D eigenvalue weighted by molar-refractivity contribution is -0.145. The largest absolute Gasteiger partial charge is 0.468 e. The molecule has 0 unspecified atom stereocenters. The molecule has 1 aliphatic heterocycles. The second-order valence-electron chi connectivity index (χ2n) is 12.2. The molecule has 5 aromatic rings. The molecule has 1 aliphatic rings. The molecular weight excluding hydrogens is 641 g/mol. The van der Waals surface area contributed by atoms with E-state index in [1.165, 1.54) is 24.3 Å². The van der Waals surface area contributed by atoms with Crippen molar-refractivity contribution in [1.82, 2.24) is 19.7 Å². The fraction of sp³-hybridized carbons (Fsp3) is 0.225. The number of halogens is 3. The Hall–Kier alpha value is -5.48. The van der Waals surface area contributed by atoms with E-state index in [2.05, 4.69) is 9.88 Å². The van der Waals surface area contributed by atoms with Crippen LogP contribution < -0.4 is 0 Å². The number of piperazine rings is 1. The van der Waals surface area contributed by atoms with Crippen LogP contribution in [0.4, 0.5) is 13.2 Å². The van der Waals surface area contributed by atoms with Crippen LogP contribution in [0.2, 0.25) is 0 Å². The average molecular weight is 679 g/mol. The second-order valence-corrected chi connectivity index (χ2v) is 12.2.